The van der Waals surface area contributed by atoms with E-state index in [9.17, 15) is 4.79 Å². The molecular formula is C21H21N5O2S. The molecule has 0 fully saturated rings. The number of anilines is 1. The van der Waals surface area contributed by atoms with Gasteiger partial charge in [-0.3, -0.25) is 9.47 Å². The highest BCUT2D eigenvalue weighted by atomic mass is 32.2. The summed E-state index contributed by atoms with van der Waals surface area (Å²) >= 11 is 1.31. The summed E-state index contributed by atoms with van der Waals surface area (Å²) in [7, 11) is 0. The van der Waals surface area contributed by atoms with E-state index in [4.69, 9.17) is 4.42 Å². The molecule has 0 unspecified atom stereocenters. The van der Waals surface area contributed by atoms with Crippen LogP contribution in [0.1, 0.15) is 25.3 Å². The Bertz CT molecular complexity index is 1070. The van der Waals surface area contributed by atoms with Crippen molar-refractivity contribution in [3.8, 4) is 11.6 Å². The second kappa shape index (κ2) is 8.40. The van der Waals surface area contributed by atoms with Crippen molar-refractivity contribution >= 4 is 23.4 Å². The van der Waals surface area contributed by atoms with Crippen LogP contribution in [0.4, 0.5) is 5.69 Å². The van der Waals surface area contributed by atoms with Gasteiger partial charge in [0.25, 0.3) is 0 Å². The Kier molecular flexibility index (Phi) is 5.53. The molecule has 3 heterocycles. The Morgan fingerprint density at radius 3 is 2.52 bits per heavy atom. The summed E-state index contributed by atoms with van der Waals surface area (Å²) < 4.78 is 9.14. The molecule has 148 valence electrons. The Morgan fingerprint density at radius 2 is 1.86 bits per heavy atom. The van der Waals surface area contributed by atoms with Gasteiger partial charge >= 0.3 is 0 Å². The van der Waals surface area contributed by atoms with Crippen LogP contribution in [0.5, 0.6) is 0 Å². The van der Waals surface area contributed by atoms with Gasteiger partial charge in [-0.2, -0.15) is 0 Å². The minimum absolute atomic E-state index is 0.103. The maximum Gasteiger partial charge on any atom is 0.234 e. The topological polar surface area (TPSA) is 77.9 Å². The minimum atomic E-state index is -0.103. The van der Waals surface area contributed by atoms with Crippen LogP contribution in [0.15, 0.2) is 76.8 Å². The molecule has 3 aromatic heterocycles. The smallest absolute Gasteiger partial charge is 0.234 e. The zero-order valence-corrected chi connectivity index (χ0v) is 17.0. The van der Waals surface area contributed by atoms with E-state index in [0.29, 0.717) is 22.7 Å². The SMILES string of the molecule is CC(C)c1ccc(NC(=O)CSc2nnc(-c3ccco3)n2-n2cccc2)cc1. The lowest BCUT2D eigenvalue weighted by Crippen LogP contribution is -2.15. The fraction of sp³-hybridized carbons (Fsp3) is 0.190. The summed E-state index contributed by atoms with van der Waals surface area (Å²) in [6.45, 7) is 4.28. The number of amides is 1. The third-order valence-electron chi connectivity index (χ3n) is 4.37. The predicted octanol–water partition coefficient (Wildman–Crippen LogP) is 4.51. The lowest BCUT2D eigenvalue weighted by Gasteiger charge is -2.10. The average Bonchev–Trinajstić information content (AvgIpc) is 3.47. The molecule has 4 rings (SSSR count). The highest BCUT2D eigenvalue weighted by Gasteiger charge is 2.18. The van der Waals surface area contributed by atoms with Crippen molar-refractivity contribution in [1.82, 2.24) is 19.5 Å². The quantitative estimate of drug-likeness (QED) is 0.456. The number of carbonyl (C=O) groups is 1. The monoisotopic (exact) mass is 407 g/mol. The molecule has 0 atom stereocenters. The van der Waals surface area contributed by atoms with Gasteiger partial charge in [0.1, 0.15) is 0 Å². The summed E-state index contributed by atoms with van der Waals surface area (Å²) in [5.74, 6) is 1.74. The predicted molar refractivity (Wildman–Crippen MR) is 113 cm³/mol. The third kappa shape index (κ3) is 4.27. The number of nitrogens with one attached hydrogen (secondary N) is 1. The average molecular weight is 407 g/mol. The molecule has 7 nitrogen and oxygen atoms in total. The van der Waals surface area contributed by atoms with E-state index >= 15 is 0 Å². The van der Waals surface area contributed by atoms with Crippen molar-refractivity contribution in [1.29, 1.82) is 0 Å². The van der Waals surface area contributed by atoms with E-state index in [1.54, 1.807) is 12.3 Å². The zero-order chi connectivity index (χ0) is 20.2. The molecule has 4 aromatic rings. The van der Waals surface area contributed by atoms with Crippen molar-refractivity contribution < 1.29 is 9.21 Å². The number of furan rings is 1. The summed E-state index contributed by atoms with van der Waals surface area (Å²) in [5.41, 5.74) is 2.02. The summed E-state index contributed by atoms with van der Waals surface area (Å²) in [4.78, 5) is 12.4. The van der Waals surface area contributed by atoms with Crippen LogP contribution in [0, 0.1) is 0 Å². The van der Waals surface area contributed by atoms with Crippen molar-refractivity contribution in [3.63, 3.8) is 0 Å². The number of nitrogens with zero attached hydrogens (tertiary/aromatic N) is 4. The molecule has 1 N–H and O–H groups in total. The first-order valence-electron chi connectivity index (χ1n) is 9.27. The summed E-state index contributed by atoms with van der Waals surface area (Å²) in [6, 6.07) is 15.4. The molecule has 1 aromatic carbocycles. The van der Waals surface area contributed by atoms with Gasteiger partial charge in [-0.1, -0.05) is 37.7 Å². The minimum Gasteiger partial charge on any atom is -0.461 e. The third-order valence-corrected chi connectivity index (χ3v) is 5.29. The van der Waals surface area contributed by atoms with Crippen molar-refractivity contribution in [2.45, 2.75) is 24.9 Å². The lowest BCUT2D eigenvalue weighted by molar-refractivity contribution is -0.113. The Morgan fingerprint density at radius 1 is 1.10 bits per heavy atom. The summed E-state index contributed by atoms with van der Waals surface area (Å²) in [5, 5.41) is 12.0. The Hall–Kier alpha value is -3.26. The standard InChI is InChI=1S/C21H21N5O2S/c1-15(2)16-7-9-17(10-8-16)22-19(27)14-29-21-24-23-20(18-6-5-13-28-18)26(21)25-11-3-4-12-25/h3-13,15H,14H2,1-2H3,(H,22,27). The van der Waals surface area contributed by atoms with E-state index in [1.807, 2.05) is 64.2 Å². The molecule has 1 amide bonds. The van der Waals surface area contributed by atoms with Crippen LogP contribution < -0.4 is 5.32 Å². The number of thioether (sulfide) groups is 1. The van der Waals surface area contributed by atoms with Gasteiger partial charge in [0.05, 0.1) is 12.0 Å². The number of carbonyl (C=O) groups excluding carboxylic acids is 1. The first-order chi connectivity index (χ1) is 14.1. The molecule has 0 aliphatic heterocycles. The number of rotatable bonds is 7. The molecule has 0 spiro atoms. The maximum atomic E-state index is 12.4. The van der Waals surface area contributed by atoms with E-state index in [1.165, 1.54) is 17.3 Å². The van der Waals surface area contributed by atoms with Gasteiger partial charge in [-0.25, -0.2) is 4.68 Å². The van der Waals surface area contributed by atoms with Crippen LogP contribution in [-0.2, 0) is 4.79 Å². The number of hydrogen-bond donors (Lipinski definition) is 1. The second-order valence-electron chi connectivity index (χ2n) is 6.77. The number of hydrogen-bond acceptors (Lipinski definition) is 5. The highest BCUT2D eigenvalue weighted by Crippen LogP contribution is 2.25. The molecule has 0 radical (unpaired) electrons. The molecule has 0 aliphatic carbocycles. The first kappa shape index (κ1) is 19.1. The molecular weight excluding hydrogens is 386 g/mol. The highest BCUT2D eigenvalue weighted by molar-refractivity contribution is 7.99. The van der Waals surface area contributed by atoms with Crippen molar-refractivity contribution in [2.75, 3.05) is 11.1 Å². The first-order valence-corrected chi connectivity index (χ1v) is 10.3. The van der Waals surface area contributed by atoms with Crippen LogP contribution in [0.2, 0.25) is 0 Å². The van der Waals surface area contributed by atoms with Crippen molar-refractivity contribution in [2.24, 2.45) is 0 Å². The molecule has 8 heteroatoms. The van der Waals surface area contributed by atoms with E-state index in [-0.39, 0.29) is 11.7 Å². The molecule has 0 aliphatic rings. The fourth-order valence-electron chi connectivity index (χ4n) is 2.86. The van der Waals surface area contributed by atoms with Gasteiger partial charge in [-0.05, 0) is 47.9 Å². The van der Waals surface area contributed by atoms with Gasteiger partial charge in [0.15, 0.2) is 5.76 Å². The maximum absolute atomic E-state index is 12.4. The van der Waals surface area contributed by atoms with Gasteiger partial charge in [-0.15, -0.1) is 10.2 Å². The number of aromatic nitrogens is 4. The fourth-order valence-corrected chi connectivity index (χ4v) is 3.59. The van der Waals surface area contributed by atoms with E-state index < -0.39 is 0 Å². The normalized spacial score (nSPS) is 11.1. The molecule has 29 heavy (non-hydrogen) atoms. The van der Waals surface area contributed by atoms with Crippen LogP contribution in [0.25, 0.3) is 11.6 Å². The largest absolute Gasteiger partial charge is 0.461 e. The molecule has 0 saturated heterocycles. The van der Waals surface area contributed by atoms with Crippen LogP contribution in [-0.4, -0.2) is 31.2 Å². The van der Waals surface area contributed by atoms with E-state index in [2.05, 4.69) is 29.4 Å². The van der Waals surface area contributed by atoms with Crippen LogP contribution in [0.3, 0.4) is 0 Å². The van der Waals surface area contributed by atoms with E-state index in [0.717, 1.165) is 5.69 Å². The van der Waals surface area contributed by atoms with Crippen molar-refractivity contribution in [3.05, 3.63) is 72.8 Å². The summed E-state index contributed by atoms with van der Waals surface area (Å²) in [6.07, 6.45) is 5.36. The Labute approximate surface area is 172 Å². The van der Waals surface area contributed by atoms with Gasteiger partial charge in [0, 0.05) is 18.1 Å². The Balaban J connectivity index is 1.48. The van der Waals surface area contributed by atoms with Crippen LogP contribution >= 0.6 is 11.8 Å². The molecule has 0 bridgehead atoms. The van der Waals surface area contributed by atoms with Gasteiger partial charge < -0.3 is 9.73 Å². The van der Waals surface area contributed by atoms with Gasteiger partial charge in [0.2, 0.25) is 16.9 Å². The second-order valence-corrected chi connectivity index (χ2v) is 7.71. The lowest BCUT2D eigenvalue weighted by atomic mass is 10.0. The molecule has 0 saturated carbocycles. The number of benzene rings is 1. The zero-order valence-electron chi connectivity index (χ0n) is 16.1.